The molecule has 0 unspecified atom stereocenters. The molecule has 0 radical (unpaired) electrons. The highest BCUT2D eigenvalue weighted by molar-refractivity contribution is 8.03. The minimum atomic E-state index is -0.286. The molecule has 1 atom stereocenters. The normalized spacial score (nSPS) is 18.7. The number of para-hydroxylation sites is 1. The average Bonchev–Trinajstić information content (AvgIpc) is 2.78. The highest BCUT2D eigenvalue weighted by Gasteiger charge is 2.38. The second-order valence-corrected chi connectivity index (χ2v) is 8.20. The molecule has 7 heteroatoms. The largest absolute Gasteiger partial charge is 0.493 e. The number of carbonyl (C=O) groups excluding carboxylic acids is 1. The minimum Gasteiger partial charge on any atom is -0.493 e. The molecule has 2 aromatic carbocycles. The fraction of sp³-hybridized carbons (Fsp3) is 0.304. The zero-order valence-corrected chi connectivity index (χ0v) is 18.0. The van der Waals surface area contributed by atoms with Gasteiger partial charge >= 0.3 is 0 Å². The number of benzene rings is 2. The van der Waals surface area contributed by atoms with E-state index in [1.54, 1.807) is 30.9 Å². The standard InChI is InChI=1S/C23H23N3O3S/c1-15-6-4-5-7-19(15)25-13-26-22(27)11-17(18(12-24)23(26)30-14-25)16-8-9-20(28-2)21(10-16)29-3/h4-10,17H,11,13-14H2,1-3H3/t17-/m1/s1. The van der Waals surface area contributed by atoms with Crippen LogP contribution in [0.4, 0.5) is 5.69 Å². The summed E-state index contributed by atoms with van der Waals surface area (Å²) in [6.45, 7) is 2.52. The third kappa shape index (κ3) is 3.48. The van der Waals surface area contributed by atoms with E-state index in [-0.39, 0.29) is 18.2 Å². The Morgan fingerprint density at radius 1 is 1.13 bits per heavy atom. The van der Waals surface area contributed by atoms with Crippen LogP contribution in [0.15, 0.2) is 53.1 Å². The predicted molar refractivity (Wildman–Crippen MR) is 117 cm³/mol. The van der Waals surface area contributed by atoms with Gasteiger partial charge in [0, 0.05) is 18.0 Å². The second kappa shape index (κ2) is 8.33. The van der Waals surface area contributed by atoms with Gasteiger partial charge in [-0.2, -0.15) is 5.26 Å². The summed E-state index contributed by atoms with van der Waals surface area (Å²) in [7, 11) is 3.16. The zero-order valence-electron chi connectivity index (χ0n) is 17.2. The second-order valence-electron chi connectivity index (χ2n) is 7.26. The van der Waals surface area contributed by atoms with Gasteiger partial charge in [-0.05, 0) is 36.2 Å². The van der Waals surface area contributed by atoms with Gasteiger partial charge in [0.15, 0.2) is 11.5 Å². The number of fused-ring (bicyclic) bond motifs is 1. The molecular formula is C23H23N3O3S. The van der Waals surface area contributed by atoms with Crippen molar-refractivity contribution in [3.8, 4) is 17.6 Å². The van der Waals surface area contributed by atoms with Crippen LogP contribution in [0, 0.1) is 18.3 Å². The summed E-state index contributed by atoms with van der Waals surface area (Å²) >= 11 is 1.54. The van der Waals surface area contributed by atoms with Gasteiger partial charge in [0.05, 0.1) is 43.4 Å². The lowest BCUT2D eigenvalue weighted by Crippen LogP contribution is -2.47. The van der Waals surface area contributed by atoms with Gasteiger partial charge < -0.3 is 14.4 Å². The number of rotatable bonds is 4. The number of thioether (sulfide) groups is 1. The lowest BCUT2D eigenvalue weighted by atomic mass is 9.86. The first-order chi connectivity index (χ1) is 14.6. The molecule has 0 spiro atoms. The Morgan fingerprint density at radius 3 is 2.60 bits per heavy atom. The molecule has 1 amide bonds. The molecule has 2 aliphatic heterocycles. The Hall–Kier alpha value is -3.11. The van der Waals surface area contributed by atoms with Crippen molar-refractivity contribution in [3.05, 3.63) is 64.2 Å². The number of carbonyl (C=O) groups is 1. The summed E-state index contributed by atoms with van der Waals surface area (Å²) in [6, 6.07) is 16.1. The third-order valence-corrected chi connectivity index (χ3v) is 6.71. The molecule has 0 aliphatic carbocycles. The van der Waals surface area contributed by atoms with Gasteiger partial charge in [-0.1, -0.05) is 36.0 Å². The van der Waals surface area contributed by atoms with Crippen molar-refractivity contribution >= 4 is 23.4 Å². The number of methoxy groups -OCH3 is 2. The van der Waals surface area contributed by atoms with Crippen LogP contribution in [-0.2, 0) is 4.79 Å². The lowest BCUT2D eigenvalue weighted by molar-refractivity contribution is -0.129. The number of hydrogen-bond donors (Lipinski definition) is 0. The first-order valence-electron chi connectivity index (χ1n) is 9.67. The van der Waals surface area contributed by atoms with E-state index in [0.717, 1.165) is 16.3 Å². The third-order valence-electron chi connectivity index (χ3n) is 5.56. The molecule has 2 heterocycles. The van der Waals surface area contributed by atoms with Crippen molar-refractivity contribution in [2.75, 3.05) is 31.7 Å². The Bertz CT molecular complexity index is 1060. The number of nitriles is 1. The zero-order chi connectivity index (χ0) is 21.3. The van der Waals surface area contributed by atoms with Crippen LogP contribution in [0.3, 0.4) is 0 Å². The molecule has 2 aliphatic rings. The smallest absolute Gasteiger partial charge is 0.229 e. The molecule has 0 saturated carbocycles. The van der Waals surface area contributed by atoms with E-state index in [1.165, 1.54) is 5.56 Å². The Morgan fingerprint density at radius 2 is 1.90 bits per heavy atom. The fourth-order valence-corrected chi connectivity index (χ4v) is 5.15. The van der Waals surface area contributed by atoms with Crippen molar-refractivity contribution in [3.63, 3.8) is 0 Å². The van der Waals surface area contributed by atoms with Crippen LogP contribution in [0.25, 0.3) is 0 Å². The molecule has 0 bridgehead atoms. The van der Waals surface area contributed by atoms with Gasteiger partial charge in [-0.15, -0.1) is 0 Å². The number of aryl methyl sites for hydroxylation is 1. The van der Waals surface area contributed by atoms with Crippen LogP contribution in [0.2, 0.25) is 0 Å². The average molecular weight is 422 g/mol. The summed E-state index contributed by atoms with van der Waals surface area (Å²) in [5.74, 6) is 1.64. The van der Waals surface area contributed by atoms with Crippen LogP contribution >= 0.6 is 11.8 Å². The first kappa shape index (κ1) is 20.2. The van der Waals surface area contributed by atoms with Gasteiger partial charge in [-0.25, -0.2) is 0 Å². The number of ether oxygens (including phenoxy) is 2. The summed E-state index contributed by atoms with van der Waals surface area (Å²) < 4.78 is 10.7. The summed E-state index contributed by atoms with van der Waals surface area (Å²) in [5.41, 5.74) is 3.79. The van der Waals surface area contributed by atoms with E-state index >= 15 is 0 Å². The molecule has 0 aromatic heterocycles. The Balaban J connectivity index is 1.68. The quantitative estimate of drug-likeness (QED) is 0.736. The number of allylic oxidation sites excluding steroid dienone is 1. The van der Waals surface area contributed by atoms with Crippen molar-refractivity contribution in [1.29, 1.82) is 5.26 Å². The van der Waals surface area contributed by atoms with Crippen molar-refractivity contribution < 1.29 is 14.3 Å². The Labute approximate surface area is 180 Å². The monoisotopic (exact) mass is 421 g/mol. The van der Waals surface area contributed by atoms with Crippen molar-refractivity contribution in [2.45, 2.75) is 19.3 Å². The van der Waals surface area contributed by atoms with Crippen LogP contribution < -0.4 is 14.4 Å². The number of hydrogen-bond acceptors (Lipinski definition) is 6. The van der Waals surface area contributed by atoms with Crippen molar-refractivity contribution in [1.82, 2.24) is 4.90 Å². The van der Waals surface area contributed by atoms with Gasteiger partial charge in [0.25, 0.3) is 0 Å². The molecular weight excluding hydrogens is 398 g/mol. The SMILES string of the molecule is COc1ccc([C@H]2CC(=O)N3CN(c4ccccc4C)CSC3=C2C#N)cc1OC. The Kier molecular flexibility index (Phi) is 5.60. The van der Waals surface area contributed by atoms with Crippen LogP contribution in [0.1, 0.15) is 23.5 Å². The topological polar surface area (TPSA) is 65.8 Å². The number of anilines is 1. The van der Waals surface area contributed by atoms with E-state index in [2.05, 4.69) is 30.0 Å². The van der Waals surface area contributed by atoms with E-state index in [4.69, 9.17) is 9.47 Å². The molecule has 6 nitrogen and oxygen atoms in total. The molecule has 154 valence electrons. The van der Waals surface area contributed by atoms with E-state index in [0.29, 0.717) is 29.6 Å². The lowest BCUT2D eigenvalue weighted by Gasteiger charge is -2.42. The number of amides is 1. The maximum atomic E-state index is 13.1. The van der Waals surface area contributed by atoms with E-state index in [9.17, 15) is 10.1 Å². The summed E-state index contributed by atoms with van der Waals surface area (Å²) in [6.07, 6.45) is 0.254. The predicted octanol–water partition coefficient (Wildman–Crippen LogP) is 4.23. The van der Waals surface area contributed by atoms with Crippen molar-refractivity contribution in [2.24, 2.45) is 0 Å². The van der Waals surface area contributed by atoms with Gasteiger partial charge in [-0.3, -0.25) is 9.69 Å². The van der Waals surface area contributed by atoms with Gasteiger partial charge in [0.2, 0.25) is 5.91 Å². The van der Waals surface area contributed by atoms with Crippen LogP contribution in [-0.4, -0.2) is 37.6 Å². The van der Waals surface area contributed by atoms with E-state index < -0.39 is 0 Å². The highest BCUT2D eigenvalue weighted by Crippen LogP contribution is 2.44. The number of nitrogens with zero attached hydrogens (tertiary/aromatic N) is 3. The first-order valence-corrected chi connectivity index (χ1v) is 10.7. The summed E-state index contributed by atoms with van der Waals surface area (Å²) in [5, 5.41) is 10.7. The molecule has 0 N–H and O–H groups in total. The molecule has 30 heavy (non-hydrogen) atoms. The molecule has 4 rings (SSSR count). The maximum Gasteiger partial charge on any atom is 0.229 e. The summed E-state index contributed by atoms with van der Waals surface area (Å²) in [4.78, 5) is 17.0. The molecule has 1 fully saturated rings. The molecule has 1 saturated heterocycles. The maximum absolute atomic E-state index is 13.1. The highest BCUT2D eigenvalue weighted by atomic mass is 32.2. The molecule has 2 aromatic rings. The van der Waals surface area contributed by atoms with E-state index in [1.807, 2.05) is 30.3 Å². The van der Waals surface area contributed by atoms with Crippen LogP contribution in [0.5, 0.6) is 11.5 Å². The fourth-order valence-electron chi connectivity index (χ4n) is 3.99. The minimum absolute atomic E-state index is 0.0227. The van der Waals surface area contributed by atoms with Gasteiger partial charge in [0.1, 0.15) is 0 Å².